The topological polar surface area (TPSA) is 40.5 Å². The summed E-state index contributed by atoms with van der Waals surface area (Å²) in [5.41, 5.74) is -0.965. The standard InChI is InChI=1S/C10H17F2NO2/c1-9(2,8(14)15)6-13-5-3-4-10(11,12)7-13/h3-7H2,1-2H3,(H,14,15). The van der Waals surface area contributed by atoms with E-state index in [0.29, 0.717) is 13.0 Å². The Balaban J connectivity index is 2.55. The first-order valence-corrected chi connectivity index (χ1v) is 5.07. The van der Waals surface area contributed by atoms with Crippen molar-refractivity contribution in [1.29, 1.82) is 0 Å². The molecule has 0 aromatic carbocycles. The smallest absolute Gasteiger partial charge is 0.310 e. The first kappa shape index (κ1) is 12.4. The number of carboxylic acids is 1. The number of likely N-dealkylation sites (tertiary alicyclic amines) is 1. The molecule has 0 aliphatic carbocycles. The van der Waals surface area contributed by atoms with E-state index in [-0.39, 0.29) is 19.5 Å². The Labute approximate surface area is 88.1 Å². The molecule has 1 fully saturated rings. The van der Waals surface area contributed by atoms with Crippen LogP contribution < -0.4 is 0 Å². The van der Waals surface area contributed by atoms with Crippen LogP contribution in [0.4, 0.5) is 8.78 Å². The number of carboxylic acid groups (broad SMARTS) is 1. The second kappa shape index (κ2) is 4.04. The lowest BCUT2D eigenvalue weighted by Crippen LogP contribution is -2.48. The largest absolute Gasteiger partial charge is 0.481 e. The maximum absolute atomic E-state index is 13.0. The molecule has 15 heavy (non-hydrogen) atoms. The van der Waals surface area contributed by atoms with Gasteiger partial charge in [-0.15, -0.1) is 0 Å². The molecule has 0 unspecified atom stereocenters. The van der Waals surface area contributed by atoms with Crippen molar-refractivity contribution < 1.29 is 18.7 Å². The third-order valence-corrected chi connectivity index (χ3v) is 2.67. The van der Waals surface area contributed by atoms with Gasteiger partial charge < -0.3 is 5.11 Å². The summed E-state index contributed by atoms with van der Waals surface area (Å²) in [6.45, 7) is 3.54. The molecule has 0 radical (unpaired) electrons. The number of aliphatic carboxylic acids is 1. The Hall–Kier alpha value is -0.710. The molecule has 0 amide bonds. The van der Waals surface area contributed by atoms with Gasteiger partial charge >= 0.3 is 5.97 Å². The average Bonchev–Trinajstić information content (AvgIpc) is 2.00. The van der Waals surface area contributed by atoms with E-state index >= 15 is 0 Å². The number of halogens is 2. The summed E-state index contributed by atoms with van der Waals surface area (Å²) < 4.78 is 26.1. The van der Waals surface area contributed by atoms with Crippen LogP contribution in [0.5, 0.6) is 0 Å². The van der Waals surface area contributed by atoms with Gasteiger partial charge in [0.05, 0.1) is 12.0 Å². The van der Waals surface area contributed by atoms with E-state index in [0.717, 1.165) is 0 Å². The predicted octanol–water partition coefficient (Wildman–Crippen LogP) is 1.83. The summed E-state index contributed by atoms with van der Waals surface area (Å²) in [6.07, 6.45) is 0.347. The van der Waals surface area contributed by atoms with Crippen LogP contribution in [0.15, 0.2) is 0 Å². The maximum Gasteiger partial charge on any atom is 0.310 e. The van der Waals surface area contributed by atoms with Crippen LogP contribution >= 0.6 is 0 Å². The van der Waals surface area contributed by atoms with E-state index in [4.69, 9.17) is 5.11 Å². The molecule has 0 aromatic heterocycles. The Bertz CT molecular complexity index is 254. The summed E-state index contributed by atoms with van der Waals surface area (Å²) in [5, 5.41) is 8.89. The summed E-state index contributed by atoms with van der Waals surface area (Å²) in [4.78, 5) is 12.4. The van der Waals surface area contributed by atoms with Gasteiger partial charge in [-0.1, -0.05) is 0 Å². The van der Waals surface area contributed by atoms with Crippen molar-refractivity contribution in [2.75, 3.05) is 19.6 Å². The fraction of sp³-hybridized carbons (Fsp3) is 0.900. The molecule has 1 aliphatic rings. The van der Waals surface area contributed by atoms with E-state index in [1.807, 2.05) is 0 Å². The van der Waals surface area contributed by atoms with Gasteiger partial charge in [0.2, 0.25) is 0 Å². The third-order valence-electron chi connectivity index (χ3n) is 2.67. The van der Waals surface area contributed by atoms with Crippen LogP contribution in [-0.2, 0) is 4.79 Å². The molecule has 0 saturated carbocycles. The van der Waals surface area contributed by atoms with Crippen LogP contribution in [-0.4, -0.2) is 41.5 Å². The summed E-state index contributed by atoms with van der Waals surface area (Å²) in [5.74, 6) is -3.61. The molecule has 1 heterocycles. The number of hydrogen-bond donors (Lipinski definition) is 1. The summed E-state index contributed by atoms with van der Waals surface area (Å²) >= 11 is 0. The van der Waals surface area contributed by atoms with Crippen molar-refractivity contribution in [3.05, 3.63) is 0 Å². The summed E-state index contributed by atoms with van der Waals surface area (Å²) in [6, 6.07) is 0. The second-order valence-corrected chi connectivity index (χ2v) is 4.86. The number of alkyl halides is 2. The summed E-state index contributed by atoms with van der Waals surface area (Å²) in [7, 11) is 0. The number of hydrogen-bond acceptors (Lipinski definition) is 2. The zero-order chi connectivity index (χ0) is 11.7. The lowest BCUT2D eigenvalue weighted by atomic mass is 9.92. The van der Waals surface area contributed by atoms with Gasteiger partial charge in [0.1, 0.15) is 0 Å². The molecule has 5 heteroatoms. The minimum absolute atomic E-state index is 0.0863. The minimum atomic E-state index is -2.66. The zero-order valence-corrected chi connectivity index (χ0v) is 9.09. The highest BCUT2D eigenvalue weighted by atomic mass is 19.3. The minimum Gasteiger partial charge on any atom is -0.481 e. The Morgan fingerprint density at radius 3 is 2.60 bits per heavy atom. The van der Waals surface area contributed by atoms with Gasteiger partial charge in [-0.05, 0) is 26.8 Å². The monoisotopic (exact) mass is 221 g/mol. The van der Waals surface area contributed by atoms with Crippen LogP contribution in [0.3, 0.4) is 0 Å². The molecular weight excluding hydrogens is 204 g/mol. The lowest BCUT2D eigenvalue weighted by Gasteiger charge is -2.36. The van der Waals surface area contributed by atoms with Gasteiger partial charge in [-0.3, -0.25) is 9.69 Å². The Kier molecular flexibility index (Phi) is 3.33. The number of piperidine rings is 1. The molecule has 0 atom stereocenters. The molecule has 3 nitrogen and oxygen atoms in total. The van der Waals surface area contributed by atoms with Crippen molar-refractivity contribution in [3.63, 3.8) is 0 Å². The molecular formula is C10H17F2NO2. The van der Waals surface area contributed by atoms with Crippen LogP contribution in [0.1, 0.15) is 26.7 Å². The van der Waals surface area contributed by atoms with Crippen LogP contribution in [0.25, 0.3) is 0 Å². The molecule has 1 saturated heterocycles. The van der Waals surface area contributed by atoms with E-state index in [9.17, 15) is 13.6 Å². The predicted molar refractivity (Wildman–Crippen MR) is 52.0 cm³/mol. The molecule has 1 aliphatic heterocycles. The van der Waals surface area contributed by atoms with Crippen LogP contribution in [0.2, 0.25) is 0 Å². The van der Waals surface area contributed by atoms with E-state index in [2.05, 4.69) is 0 Å². The first-order chi connectivity index (χ1) is 6.73. The molecule has 0 aromatic rings. The fourth-order valence-electron chi connectivity index (χ4n) is 1.81. The van der Waals surface area contributed by atoms with E-state index in [1.165, 1.54) is 4.90 Å². The fourth-order valence-corrected chi connectivity index (χ4v) is 1.81. The molecule has 1 rings (SSSR count). The number of rotatable bonds is 3. The quantitative estimate of drug-likeness (QED) is 0.790. The highest BCUT2D eigenvalue weighted by Gasteiger charge is 2.38. The SMILES string of the molecule is CC(C)(CN1CCCC(F)(F)C1)C(=O)O. The number of nitrogens with zero attached hydrogens (tertiary/aromatic N) is 1. The van der Waals surface area contributed by atoms with Crippen molar-refractivity contribution in [1.82, 2.24) is 4.90 Å². The Morgan fingerprint density at radius 2 is 2.13 bits per heavy atom. The van der Waals surface area contributed by atoms with Crippen molar-refractivity contribution in [2.45, 2.75) is 32.6 Å². The van der Waals surface area contributed by atoms with Gasteiger partial charge in [-0.25, -0.2) is 8.78 Å². The van der Waals surface area contributed by atoms with E-state index < -0.39 is 17.3 Å². The number of carbonyl (C=O) groups is 1. The van der Waals surface area contributed by atoms with E-state index in [1.54, 1.807) is 13.8 Å². The molecule has 0 spiro atoms. The molecule has 88 valence electrons. The highest BCUT2D eigenvalue weighted by Crippen LogP contribution is 2.28. The normalized spacial score (nSPS) is 22.7. The van der Waals surface area contributed by atoms with Crippen LogP contribution in [0, 0.1) is 5.41 Å². The molecule has 1 N–H and O–H groups in total. The van der Waals surface area contributed by atoms with Gasteiger partial charge in [0.15, 0.2) is 0 Å². The second-order valence-electron chi connectivity index (χ2n) is 4.86. The van der Waals surface area contributed by atoms with Crippen molar-refractivity contribution in [3.8, 4) is 0 Å². The van der Waals surface area contributed by atoms with Gasteiger partial charge in [0, 0.05) is 13.0 Å². The van der Waals surface area contributed by atoms with Crippen molar-refractivity contribution >= 4 is 5.97 Å². The molecule has 0 bridgehead atoms. The zero-order valence-electron chi connectivity index (χ0n) is 9.09. The van der Waals surface area contributed by atoms with Gasteiger partial charge in [0.25, 0.3) is 5.92 Å². The lowest BCUT2D eigenvalue weighted by molar-refractivity contribution is -0.149. The van der Waals surface area contributed by atoms with Crippen molar-refractivity contribution in [2.24, 2.45) is 5.41 Å². The maximum atomic E-state index is 13.0. The Morgan fingerprint density at radius 1 is 1.53 bits per heavy atom. The third kappa shape index (κ3) is 3.41. The van der Waals surface area contributed by atoms with Gasteiger partial charge in [-0.2, -0.15) is 0 Å². The first-order valence-electron chi connectivity index (χ1n) is 5.07. The highest BCUT2D eigenvalue weighted by molar-refractivity contribution is 5.73. The average molecular weight is 221 g/mol.